The van der Waals surface area contributed by atoms with Gasteiger partial charge in [-0.3, -0.25) is 9.40 Å². The van der Waals surface area contributed by atoms with Crippen LogP contribution in [-0.2, 0) is 22.0 Å². The fraction of sp³-hybridized carbons (Fsp3) is 0.318. The van der Waals surface area contributed by atoms with Crippen molar-refractivity contribution in [3.63, 3.8) is 0 Å². The molecule has 0 unspecified atom stereocenters. The third-order valence-electron chi connectivity index (χ3n) is 4.87. The summed E-state index contributed by atoms with van der Waals surface area (Å²) in [4.78, 5) is 0.196. The summed E-state index contributed by atoms with van der Waals surface area (Å²) in [5.41, 5.74) is 3.44. The SMILES string of the molecule is Cc1nn(Cc2cccc(F)c2)c(C)c1NS(=O)(=O)c1ccc(C(C)(C)C)cc1. The van der Waals surface area contributed by atoms with Gasteiger partial charge in [-0.15, -0.1) is 0 Å². The van der Waals surface area contributed by atoms with Crippen molar-refractivity contribution in [2.75, 3.05) is 4.72 Å². The number of nitrogens with zero attached hydrogens (tertiary/aromatic N) is 2. The van der Waals surface area contributed by atoms with Gasteiger partial charge >= 0.3 is 0 Å². The standard InChI is InChI=1S/C22H26FN3O2S/c1-15-21(16(2)26(24-15)14-17-7-6-8-19(23)13-17)25-29(27,28)20-11-9-18(10-12-20)22(3,4)5/h6-13,25H,14H2,1-5H3. The third kappa shape index (κ3) is 4.67. The monoisotopic (exact) mass is 415 g/mol. The van der Waals surface area contributed by atoms with Crippen LogP contribution < -0.4 is 4.72 Å². The van der Waals surface area contributed by atoms with Gasteiger partial charge in [0.1, 0.15) is 5.82 Å². The average Bonchev–Trinajstić information content (AvgIpc) is 2.88. The molecular weight excluding hydrogens is 389 g/mol. The van der Waals surface area contributed by atoms with Crippen LogP contribution in [0.2, 0.25) is 0 Å². The molecule has 3 aromatic rings. The maximum atomic E-state index is 13.4. The van der Waals surface area contributed by atoms with Crippen molar-refractivity contribution >= 4 is 15.7 Å². The van der Waals surface area contributed by atoms with Gasteiger partial charge in [-0.1, -0.05) is 45.0 Å². The minimum atomic E-state index is -3.75. The molecule has 5 nitrogen and oxygen atoms in total. The van der Waals surface area contributed by atoms with Gasteiger partial charge in [-0.25, -0.2) is 12.8 Å². The second-order valence-corrected chi connectivity index (χ2v) is 9.90. The van der Waals surface area contributed by atoms with E-state index in [0.717, 1.165) is 11.1 Å². The topological polar surface area (TPSA) is 64.0 Å². The van der Waals surface area contributed by atoms with Gasteiger partial charge in [0.15, 0.2) is 0 Å². The van der Waals surface area contributed by atoms with Gasteiger partial charge < -0.3 is 0 Å². The zero-order valence-electron chi connectivity index (χ0n) is 17.3. The highest BCUT2D eigenvalue weighted by Gasteiger charge is 2.21. The van der Waals surface area contributed by atoms with E-state index in [9.17, 15) is 12.8 Å². The second kappa shape index (κ2) is 7.63. The van der Waals surface area contributed by atoms with E-state index >= 15 is 0 Å². The molecule has 7 heteroatoms. The van der Waals surface area contributed by atoms with Crippen LogP contribution in [0.5, 0.6) is 0 Å². The van der Waals surface area contributed by atoms with Crippen molar-refractivity contribution in [1.29, 1.82) is 0 Å². The number of rotatable bonds is 5. The van der Waals surface area contributed by atoms with E-state index in [0.29, 0.717) is 23.6 Å². The summed E-state index contributed by atoms with van der Waals surface area (Å²) in [6.45, 7) is 10.1. The number of sulfonamides is 1. The first-order valence-corrected chi connectivity index (χ1v) is 10.9. The summed E-state index contributed by atoms with van der Waals surface area (Å²) in [5.74, 6) is -0.316. The molecule has 0 aliphatic rings. The first kappa shape index (κ1) is 21.0. The molecule has 0 spiro atoms. The highest BCUT2D eigenvalue weighted by atomic mass is 32.2. The van der Waals surface area contributed by atoms with Crippen LogP contribution >= 0.6 is 0 Å². The molecule has 0 bridgehead atoms. The summed E-state index contributed by atoms with van der Waals surface area (Å²) >= 11 is 0. The summed E-state index contributed by atoms with van der Waals surface area (Å²) in [6, 6.07) is 13.2. The van der Waals surface area contributed by atoms with Crippen LogP contribution in [-0.4, -0.2) is 18.2 Å². The molecule has 0 aliphatic heterocycles. The van der Waals surface area contributed by atoms with Gasteiger partial charge in [-0.2, -0.15) is 5.10 Å². The van der Waals surface area contributed by atoms with Gasteiger partial charge in [0.2, 0.25) is 0 Å². The molecule has 1 heterocycles. The lowest BCUT2D eigenvalue weighted by atomic mass is 9.87. The molecule has 1 aromatic heterocycles. The van der Waals surface area contributed by atoms with Crippen LogP contribution in [0.4, 0.5) is 10.1 Å². The van der Waals surface area contributed by atoms with E-state index in [1.165, 1.54) is 12.1 Å². The van der Waals surface area contributed by atoms with Crippen molar-refractivity contribution in [3.8, 4) is 0 Å². The van der Waals surface area contributed by atoms with E-state index < -0.39 is 10.0 Å². The Morgan fingerprint density at radius 3 is 2.31 bits per heavy atom. The molecule has 0 saturated carbocycles. The van der Waals surface area contributed by atoms with Gasteiger partial charge in [0.25, 0.3) is 10.0 Å². The van der Waals surface area contributed by atoms with E-state index in [1.807, 2.05) is 12.1 Å². The smallest absolute Gasteiger partial charge is 0.262 e. The van der Waals surface area contributed by atoms with E-state index in [4.69, 9.17) is 0 Å². The van der Waals surface area contributed by atoms with Crippen molar-refractivity contribution in [1.82, 2.24) is 9.78 Å². The number of benzene rings is 2. The molecule has 0 atom stereocenters. The Hall–Kier alpha value is -2.67. The van der Waals surface area contributed by atoms with Crippen LogP contribution in [0.25, 0.3) is 0 Å². The summed E-state index contributed by atoms with van der Waals surface area (Å²) < 4.78 is 43.5. The predicted octanol–water partition coefficient (Wildman–Crippen LogP) is 4.79. The van der Waals surface area contributed by atoms with Crippen LogP contribution in [0.1, 0.15) is 43.3 Å². The van der Waals surface area contributed by atoms with Crippen molar-refractivity contribution in [3.05, 3.63) is 76.9 Å². The Labute approximate surface area is 171 Å². The Morgan fingerprint density at radius 2 is 1.72 bits per heavy atom. The number of aromatic nitrogens is 2. The quantitative estimate of drug-likeness (QED) is 0.652. The maximum Gasteiger partial charge on any atom is 0.262 e. The summed E-state index contributed by atoms with van der Waals surface area (Å²) in [6.07, 6.45) is 0. The molecule has 2 aromatic carbocycles. The minimum Gasteiger partial charge on any atom is -0.276 e. The lowest BCUT2D eigenvalue weighted by Gasteiger charge is -2.19. The van der Waals surface area contributed by atoms with Crippen LogP contribution in [0, 0.1) is 19.7 Å². The maximum absolute atomic E-state index is 13.4. The molecule has 29 heavy (non-hydrogen) atoms. The minimum absolute atomic E-state index is 0.0546. The van der Waals surface area contributed by atoms with Gasteiger partial charge in [-0.05, 0) is 54.7 Å². The van der Waals surface area contributed by atoms with Gasteiger partial charge in [0, 0.05) is 0 Å². The number of anilines is 1. The van der Waals surface area contributed by atoms with Crippen LogP contribution in [0.15, 0.2) is 53.4 Å². The zero-order chi connectivity index (χ0) is 21.4. The van der Waals surface area contributed by atoms with E-state index in [-0.39, 0.29) is 16.1 Å². The Kier molecular flexibility index (Phi) is 5.54. The Balaban J connectivity index is 1.87. The molecule has 0 fully saturated rings. The molecule has 154 valence electrons. The Bertz CT molecular complexity index is 1130. The Morgan fingerprint density at radius 1 is 1.07 bits per heavy atom. The molecule has 0 aliphatic carbocycles. The first-order chi connectivity index (χ1) is 13.5. The van der Waals surface area contributed by atoms with Crippen molar-refractivity contribution < 1.29 is 12.8 Å². The van der Waals surface area contributed by atoms with Crippen molar-refractivity contribution in [2.45, 2.75) is 51.5 Å². The molecule has 3 rings (SSSR count). The lowest BCUT2D eigenvalue weighted by molar-refractivity contribution is 0.587. The average molecular weight is 416 g/mol. The number of hydrogen-bond acceptors (Lipinski definition) is 3. The molecule has 1 N–H and O–H groups in total. The first-order valence-electron chi connectivity index (χ1n) is 9.39. The number of aryl methyl sites for hydroxylation is 1. The third-order valence-corrected chi connectivity index (χ3v) is 6.24. The van der Waals surface area contributed by atoms with E-state index in [1.54, 1.807) is 42.8 Å². The predicted molar refractivity (Wildman–Crippen MR) is 113 cm³/mol. The normalized spacial score (nSPS) is 12.2. The fourth-order valence-corrected chi connectivity index (χ4v) is 4.31. The number of hydrogen-bond donors (Lipinski definition) is 1. The lowest BCUT2D eigenvalue weighted by Crippen LogP contribution is -2.15. The largest absolute Gasteiger partial charge is 0.276 e. The number of halogens is 1. The molecular formula is C22H26FN3O2S. The van der Waals surface area contributed by atoms with Gasteiger partial charge in [0.05, 0.1) is 28.5 Å². The highest BCUT2D eigenvalue weighted by molar-refractivity contribution is 7.92. The van der Waals surface area contributed by atoms with E-state index in [2.05, 4.69) is 30.6 Å². The molecule has 0 amide bonds. The highest BCUT2D eigenvalue weighted by Crippen LogP contribution is 2.26. The van der Waals surface area contributed by atoms with Crippen molar-refractivity contribution in [2.24, 2.45) is 0 Å². The summed E-state index contributed by atoms with van der Waals surface area (Å²) in [5, 5.41) is 4.43. The second-order valence-electron chi connectivity index (χ2n) is 8.21. The number of nitrogens with one attached hydrogen (secondary N) is 1. The fourth-order valence-electron chi connectivity index (χ4n) is 3.13. The van der Waals surface area contributed by atoms with Crippen LogP contribution in [0.3, 0.4) is 0 Å². The molecule has 0 radical (unpaired) electrons. The molecule has 0 saturated heterocycles. The zero-order valence-corrected chi connectivity index (χ0v) is 18.1. The summed E-state index contributed by atoms with van der Waals surface area (Å²) in [7, 11) is -3.75.